The van der Waals surface area contributed by atoms with Gasteiger partial charge in [0.15, 0.2) is 0 Å². The minimum atomic E-state index is -0.671. The Kier molecular flexibility index (Phi) is 5.46. The van der Waals surface area contributed by atoms with Crippen molar-refractivity contribution < 1.29 is 10.2 Å². The Labute approximate surface area is 97.1 Å². The van der Waals surface area contributed by atoms with Gasteiger partial charge in [-0.2, -0.15) is 0 Å². The number of benzene rings is 1. The molecule has 3 N–H and O–H groups in total. The highest BCUT2D eigenvalue weighted by Crippen LogP contribution is 2.14. The van der Waals surface area contributed by atoms with E-state index in [1.54, 1.807) is 0 Å². The first-order valence-corrected chi connectivity index (χ1v) is 5.72. The molecule has 0 amide bonds. The Morgan fingerprint density at radius 3 is 2.31 bits per heavy atom. The highest BCUT2D eigenvalue weighted by molar-refractivity contribution is 5.24. The smallest absolute Gasteiger partial charge is 0.0895 e. The van der Waals surface area contributed by atoms with Crippen LogP contribution in [0.2, 0.25) is 0 Å². The van der Waals surface area contributed by atoms with Crippen LogP contribution in [-0.4, -0.2) is 29.5 Å². The van der Waals surface area contributed by atoms with E-state index in [-0.39, 0.29) is 6.61 Å². The molecule has 0 heterocycles. The van der Waals surface area contributed by atoms with Gasteiger partial charge in [0.1, 0.15) is 0 Å². The Bertz CT molecular complexity index is 295. The average molecular weight is 223 g/mol. The van der Waals surface area contributed by atoms with E-state index in [0.717, 1.165) is 6.54 Å². The number of aliphatic hydroxyl groups excluding tert-OH is 2. The second-order valence-corrected chi connectivity index (χ2v) is 4.36. The lowest BCUT2D eigenvalue weighted by molar-refractivity contribution is 0.0942. The quantitative estimate of drug-likeness (QED) is 0.680. The number of rotatable bonds is 6. The summed E-state index contributed by atoms with van der Waals surface area (Å²) in [6.07, 6.45) is -0.671. The Morgan fingerprint density at radius 2 is 1.81 bits per heavy atom. The average Bonchev–Trinajstić information content (AvgIpc) is 2.29. The third-order valence-corrected chi connectivity index (χ3v) is 2.57. The molecule has 1 rings (SSSR count). The summed E-state index contributed by atoms with van der Waals surface area (Å²) < 4.78 is 0. The number of aliphatic hydroxyl groups is 2. The van der Waals surface area contributed by atoms with Gasteiger partial charge in [0.05, 0.1) is 12.7 Å². The van der Waals surface area contributed by atoms with E-state index in [1.807, 2.05) is 0 Å². The van der Waals surface area contributed by atoms with Crippen LogP contribution in [0, 0.1) is 0 Å². The lowest BCUT2D eigenvalue weighted by atomic mass is 10.0. The largest absolute Gasteiger partial charge is 0.394 e. The molecule has 16 heavy (non-hydrogen) atoms. The van der Waals surface area contributed by atoms with Crippen LogP contribution in [0.25, 0.3) is 0 Å². The second-order valence-electron chi connectivity index (χ2n) is 4.36. The molecule has 1 aromatic carbocycles. The molecular formula is C13H21NO2. The SMILES string of the molecule is CC(C)c1ccc(CNC[C@H](O)CO)cc1. The van der Waals surface area contributed by atoms with Gasteiger partial charge in [-0.1, -0.05) is 38.1 Å². The zero-order valence-corrected chi connectivity index (χ0v) is 9.98. The fourth-order valence-corrected chi connectivity index (χ4v) is 1.47. The van der Waals surface area contributed by atoms with E-state index in [4.69, 9.17) is 10.2 Å². The highest BCUT2D eigenvalue weighted by Gasteiger charge is 2.01. The van der Waals surface area contributed by atoms with E-state index in [2.05, 4.69) is 43.4 Å². The van der Waals surface area contributed by atoms with Crippen LogP contribution in [0.15, 0.2) is 24.3 Å². The molecule has 0 radical (unpaired) electrons. The van der Waals surface area contributed by atoms with Gasteiger partial charge < -0.3 is 15.5 Å². The van der Waals surface area contributed by atoms with E-state index >= 15 is 0 Å². The summed E-state index contributed by atoms with van der Waals surface area (Å²) in [5.74, 6) is 0.554. The minimum absolute atomic E-state index is 0.195. The maximum Gasteiger partial charge on any atom is 0.0895 e. The Hall–Kier alpha value is -0.900. The van der Waals surface area contributed by atoms with E-state index in [9.17, 15) is 0 Å². The first-order chi connectivity index (χ1) is 7.63. The Morgan fingerprint density at radius 1 is 1.19 bits per heavy atom. The van der Waals surface area contributed by atoms with Gasteiger partial charge in [-0.3, -0.25) is 0 Å². The summed E-state index contributed by atoms with van der Waals surface area (Å²) in [5.41, 5.74) is 2.52. The lowest BCUT2D eigenvalue weighted by Crippen LogP contribution is -2.28. The molecule has 0 saturated heterocycles. The van der Waals surface area contributed by atoms with E-state index in [1.165, 1.54) is 11.1 Å². The van der Waals surface area contributed by atoms with E-state index < -0.39 is 6.10 Å². The predicted octanol–water partition coefficient (Wildman–Crippen LogP) is 1.25. The maximum atomic E-state index is 9.14. The van der Waals surface area contributed by atoms with Crippen molar-refractivity contribution in [1.82, 2.24) is 5.32 Å². The maximum absolute atomic E-state index is 9.14. The molecule has 0 aromatic heterocycles. The topological polar surface area (TPSA) is 52.5 Å². The van der Waals surface area contributed by atoms with Crippen LogP contribution >= 0.6 is 0 Å². The van der Waals surface area contributed by atoms with Crippen molar-refractivity contribution >= 4 is 0 Å². The van der Waals surface area contributed by atoms with E-state index in [0.29, 0.717) is 12.5 Å². The minimum Gasteiger partial charge on any atom is -0.394 e. The molecule has 90 valence electrons. The summed E-state index contributed by atoms with van der Waals surface area (Å²) >= 11 is 0. The van der Waals surface area contributed by atoms with Gasteiger partial charge in [0.2, 0.25) is 0 Å². The summed E-state index contributed by atoms with van der Waals surface area (Å²) in [6.45, 7) is 5.28. The number of hydrogen-bond acceptors (Lipinski definition) is 3. The van der Waals surface area contributed by atoms with Crippen LogP contribution in [0.4, 0.5) is 0 Å². The van der Waals surface area contributed by atoms with Crippen LogP contribution < -0.4 is 5.32 Å². The second kappa shape index (κ2) is 6.63. The third kappa shape index (κ3) is 4.31. The third-order valence-electron chi connectivity index (χ3n) is 2.57. The van der Waals surface area contributed by atoms with Crippen molar-refractivity contribution in [3.63, 3.8) is 0 Å². The zero-order chi connectivity index (χ0) is 12.0. The van der Waals surface area contributed by atoms with Crippen LogP contribution in [0.5, 0.6) is 0 Å². The highest BCUT2D eigenvalue weighted by atomic mass is 16.3. The molecule has 0 unspecified atom stereocenters. The monoisotopic (exact) mass is 223 g/mol. The lowest BCUT2D eigenvalue weighted by Gasteiger charge is -2.10. The number of hydrogen-bond donors (Lipinski definition) is 3. The summed E-state index contributed by atoms with van der Waals surface area (Å²) in [4.78, 5) is 0. The standard InChI is InChI=1S/C13H21NO2/c1-10(2)12-5-3-11(4-6-12)7-14-8-13(16)9-15/h3-6,10,13-16H,7-9H2,1-2H3/t13-/m0/s1. The first kappa shape index (κ1) is 13.2. The van der Waals surface area contributed by atoms with Crippen LogP contribution in [-0.2, 0) is 6.54 Å². The molecule has 1 aromatic rings. The van der Waals surface area contributed by atoms with Gasteiger partial charge in [0, 0.05) is 13.1 Å². The summed E-state index contributed by atoms with van der Waals surface area (Å²) in [6, 6.07) is 8.44. The van der Waals surface area contributed by atoms with Gasteiger partial charge in [0.25, 0.3) is 0 Å². The van der Waals surface area contributed by atoms with Crippen molar-refractivity contribution in [2.24, 2.45) is 0 Å². The molecule has 0 aliphatic carbocycles. The van der Waals surface area contributed by atoms with Crippen molar-refractivity contribution in [3.8, 4) is 0 Å². The summed E-state index contributed by atoms with van der Waals surface area (Å²) in [7, 11) is 0. The van der Waals surface area contributed by atoms with Crippen LogP contribution in [0.3, 0.4) is 0 Å². The molecule has 0 saturated carbocycles. The van der Waals surface area contributed by atoms with Gasteiger partial charge in [-0.05, 0) is 17.0 Å². The first-order valence-electron chi connectivity index (χ1n) is 5.72. The van der Waals surface area contributed by atoms with Crippen molar-refractivity contribution in [3.05, 3.63) is 35.4 Å². The fraction of sp³-hybridized carbons (Fsp3) is 0.538. The van der Waals surface area contributed by atoms with Gasteiger partial charge in [-0.15, -0.1) is 0 Å². The van der Waals surface area contributed by atoms with Crippen molar-refractivity contribution in [2.75, 3.05) is 13.2 Å². The predicted molar refractivity (Wildman–Crippen MR) is 65.3 cm³/mol. The van der Waals surface area contributed by atoms with Crippen molar-refractivity contribution in [1.29, 1.82) is 0 Å². The molecule has 0 spiro atoms. The van der Waals surface area contributed by atoms with Crippen molar-refractivity contribution in [2.45, 2.75) is 32.4 Å². The molecule has 0 aliphatic heterocycles. The van der Waals surface area contributed by atoms with Gasteiger partial charge >= 0.3 is 0 Å². The zero-order valence-electron chi connectivity index (χ0n) is 9.98. The normalized spacial score (nSPS) is 13.1. The molecule has 0 fully saturated rings. The van der Waals surface area contributed by atoms with Gasteiger partial charge in [-0.25, -0.2) is 0 Å². The molecule has 3 heteroatoms. The molecular weight excluding hydrogens is 202 g/mol. The molecule has 0 bridgehead atoms. The molecule has 3 nitrogen and oxygen atoms in total. The number of nitrogens with one attached hydrogen (secondary N) is 1. The molecule has 0 aliphatic rings. The Balaban J connectivity index is 2.38. The van der Waals surface area contributed by atoms with Crippen LogP contribution in [0.1, 0.15) is 30.9 Å². The molecule has 1 atom stereocenters. The fourth-order valence-electron chi connectivity index (χ4n) is 1.47. The summed E-state index contributed by atoms with van der Waals surface area (Å²) in [5, 5.41) is 20.9.